The Morgan fingerprint density at radius 1 is 0.824 bits per heavy atom. The lowest BCUT2D eigenvalue weighted by Crippen LogP contribution is -2.30. The van der Waals surface area contributed by atoms with Gasteiger partial charge in [0.2, 0.25) is 0 Å². The van der Waals surface area contributed by atoms with Crippen molar-refractivity contribution in [1.82, 2.24) is 0 Å². The van der Waals surface area contributed by atoms with Gasteiger partial charge in [-0.3, -0.25) is 14.4 Å². The van der Waals surface area contributed by atoms with Crippen molar-refractivity contribution in [1.29, 1.82) is 0 Å². The molecule has 34 heavy (non-hydrogen) atoms. The molecular weight excluding hydrogens is 432 g/mol. The highest BCUT2D eigenvalue weighted by atomic mass is 16.7. The zero-order valence-electron chi connectivity index (χ0n) is 19.1. The van der Waals surface area contributed by atoms with E-state index in [2.05, 4.69) is 0 Å². The summed E-state index contributed by atoms with van der Waals surface area (Å²) in [5.74, 6) is -0.204. The van der Waals surface area contributed by atoms with E-state index in [9.17, 15) is 19.5 Å². The maximum Gasteiger partial charge on any atom is 0.193 e. The molecule has 0 aliphatic carbocycles. The number of ketones is 3. The lowest BCUT2D eigenvalue weighted by atomic mass is 9.97. The van der Waals surface area contributed by atoms with Crippen LogP contribution in [0.4, 0.5) is 0 Å². The van der Waals surface area contributed by atoms with Crippen molar-refractivity contribution in [2.75, 3.05) is 13.4 Å². The van der Waals surface area contributed by atoms with Gasteiger partial charge in [-0.2, -0.15) is 0 Å². The third-order valence-corrected chi connectivity index (χ3v) is 4.93. The van der Waals surface area contributed by atoms with E-state index in [0.29, 0.717) is 22.4 Å². The van der Waals surface area contributed by atoms with E-state index >= 15 is 0 Å². The number of allylic oxidation sites excluding steroid dienone is 1. The van der Waals surface area contributed by atoms with Crippen LogP contribution in [0.3, 0.4) is 0 Å². The second-order valence-corrected chi connectivity index (χ2v) is 8.13. The number of carbonyl (C=O) groups is 3. The standard InChI is InChI=1S/C28H26O6/c1-28(2,32)27(31)23-13-15-24(16-14-23)34-19-33-18-26(30)22-11-8-20(9-12-22)10-17-25(29)21-6-4-3-5-7-21/h3-17,32H,18-19H2,1-2H3. The van der Waals surface area contributed by atoms with Crippen molar-refractivity contribution in [2.45, 2.75) is 19.4 Å². The van der Waals surface area contributed by atoms with Crippen LogP contribution in [0.5, 0.6) is 5.75 Å². The molecule has 0 saturated heterocycles. The minimum atomic E-state index is -1.44. The molecule has 0 saturated carbocycles. The number of hydrogen-bond acceptors (Lipinski definition) is 6. The molecule has 174 valence electrons. The minimum Gasteiger partial charge on any atom is -0.468 e. The third-order valence-electron chi connectivity index (χ3n) is 4.93. The highest BCUT2D eigenvalue weighted by molar-refractivity contribution is 6.06. The lowest BCUT2D eigenvalue weighted by molar-refractivity contribution is 0.0178. The smallest absolute Gasteiger partial charge is 0.193 e. The van der Waals surface area contributed by atoms with Crippen LogP contribution in [0.15, 0.2) is 84.9 Å². The molecule has 0 fully saturated rings. The number of ether oxygens (including phenoxy) is 2. The summed E-state index contributed by atoms with van der Waals surface area (Å²) in [7, 11) is 0. The Labute approximate surface area is 198 Å². The van der Waals surface area contributed by atoms with E-state index in [0.717, 1.165) is 5.56 Å². The van der Waals surface area contributed by atoms with Crippen molar-refractivity contribution in [3.05, 3.63) is 107 Å². The van der Waals surface area contributed by atoms with Gasteiger partial charge in [0.25, 0.3) is 0 Å². The number of carbonyl (C=O) groups excluding carboxylic acids is 3. The van der Waals surface area contributed by atoms with Crippen LogP contribution in [0.2, 0.25) is 0 Å². The Balaban J connectivity index is 1.44. The van der Waals surface area contributed by atoms with Crippen molar-refractivity contribution in [2.24, 2.45) is 0 Å². The first-order valence-electron chi connectivity index (χ1n) is 10.7. The van der Waals surface area contributed by atoms with Gasteiger partial charge < -0.3 is 14.6 Å². The molecule has 0 bridgehead atoms. The van der Waals surface area contributed by atoms with Crippen molar-refractivity contribution in [3.8, 4) is 5.75 Å². The second-order valence-electron chi connectivity index (χ2n) is 8.13. The molecule has 0 atom stereocenters. The molecule has 6 nitrogen and oxygen atoms in total. The summed E-state index contributed by atoms with van der Waals surface area (Å²) in [5, 5.41) is 9.79. The molecule has 6 heteroatoms. The van der Waals surface area contributed by atoms with Gasteiger partial charge in [-0.1, -0.05) is 60.7 Å². The van der Waals surface area contributed by atoms with E-state index in [4.69, 9.17) is 9.47 Å². The van der Waals surface area contributed by atoms with Crippen molar-refractivity contribution < 1.29 is 29.0 Å². The zero-order valence-corrected chi connectivity index (χ0v) is 19.1. The predicted molar refractivity (Wildman–Crippen MR) is 129 cm³/mol. The molecule has 0 spiro atoms. The molecule has 0 aliphatic heterocycles. The normalized spacial score (nSPS) is 11.4. The van der Waals surface area contributed by atoms with Crippen LogP contribution in [-0.4, -0.2) is 41.5 Å². The lowest BCUT2D eigenvalue weighted by Gasteiger charge is -2.15. The minimum absolute atomic E-state index is 0.0902. The Morgan fingerprint density at radius 2 is 1.44 bits per heavy atom. The maximum atomic E-state index is 12.3. The zero-order chi connectivity index (χ0) is 24.6. The first-order chi connectivity index (χ1) is 16.2. The van der Waals surface area contributed by atoms with Gasteiger partial charge in [-0.15, -0.1) is 0 Å². The van der Waals surface area contributed by atoms with Crippen LogP contribution >= 0.6 is 0 Å². The van der Waals surface area contributed by atoms with E-state index in [1.807, 2.05) is 18.2 Å². The molecule has 3 aromatic carbocycles. The predicted octanol–water partition coefficient (Wildman–Crippen LogP) is 4.77. The van der Waals surface area contributed by atoms with E-state index in [1.165, 1.54) is 19.9 Å². The number of hydrogen-bond donors (Lipinski definition) is 1. The molecule has 3 aromatic rings. The molecule has 0 amide bonds. The molecular formula is C28H26O6. The largest absolute Gasteiger partial charge is 0.468 e. The fourth-order valence-corrected chi connectivity index (χ4v) is 3.03. The Kier molecular flexibility index (Phi) is 8.24. The summed E-state index contributed by atoms with van der Waals surface area (Å²) in [4.78, 5) is 36.5. The van der Waals surface area contributed by atoms with E-state index < -0.39 is 5.60 Å². The fourth-order valence-electron chi connectivity index (χ4n) is 3.03. The molecule has 3 rings (SSSR count). The highest BCUT2D eigenvalue weighted by Gasteiger charge is 2.24. The number of benzene rings is 3. The van der Waals surface area contributed by atoms with Gasteiger partial charge in [0.15, 0.2) is 24.1 Å². The summed E-state index contributed by atoms with van der Waals surface area (Å²) in [6, 6.07) is 22.2. The molecule has 0 aromatic heterocycles. The van der Waals surface area contributed by atoms with Crippen LogP contribution < -0.4 is 4.74 Å². The average Bonchev–Trinajstić information content (AvgIpc) is 2.85. The van der Waals surface area contributed by atoms with Crippen LogP contribution in [0.1, 0.15) is 50.5 Å². The van der Waals surface area contributed by atoms with Gasteiger partial charge in [-0.25, -0.2) is 0 Å². The Bertz CT molecular complexity index is 1150. The van der Waals surface area contributed by atoms with Gasteiger partial charge >= 0.3 is 0 Å². The van der Waals surface area contributed by atoms with Gasteiger partial charge in [-0.05, 0) is 49.8 Å². The molecule has 0 aliphatic rings. The first kappa shape index (κ1) is 24.8. The average molecular weight is 459 g/mol. The third kappa shape index (κ3) is 7.07. The molecule has 0 radical (unpaired) electrons. The Hall–Kier alpha value is -3.87. The maximum absolute atomic E-state index is 12.3. The summed E-state index contributed by atoms with van der Waals surface area (Å²) in [6.45, 7) is 2.58. The number of aliphatic hydroxyl groups is 1. The van der Waals surface area contributed by atoms with Crippen LogP contribution in [-0.2, 0) is 4.74 Å². The number of Topliss-reactive ketones (excluding diaryl/α,β-unsaturated/α-hetero) is 2. The van der Waals surface area contributed by atoms with Crippen LogP contribution in [0.25, 0.3) is 6.08 Å². The SMILES string of the molecule is CC(C)(O)C(=O)c1ccc(OCOCC(=O)c2ccc(C=CC(=O)c3ccccc3)cc2)cc1. The molecule has 1 N–H and O–H groups in total. The second kappa shape index (κ2) is 11.3. The topological polar surface area (TPSA) is 89.9 Å². The highest BCUT2D eigenvalue weighted by Crippen LogP contribution is 2.17. The van der Waals surface area contributed by atoms with Gasteiger partial charge in [0.05, 0.1) is 0 Å². The summed E-state index contributed by atoms with van der Waals surface area (Å²) in [5.41, 5.74) is 0.833. The van der Waals surface area contributed by atoms with Crippen LogP contribution in [0, 0.1) is 0 Å². The quantitative estimate of drug-likeness (QED) is 0.193. The van der Waals surface area contributed by atoms with E-state index in [1.54, 1.807) is 66.7 Å². The molecule has 0 unspecified atom stereocenters. The van der Waals surface area contributed by atoms with Gasteiger partial charge in [0, 0.05) is 16.7 Å². The van der Waals surface area contributed by atoms with E-state index in [-0.39, 0.29) is 30.7 Å². The fraction of sp³-hybridized carbons (Fsp3) is 0.179. The van der Waals surface area contributed by atoms with Crippen molar-refractivity contribution >= 4 is 23.4 Å². The Morgan fingerprint density at radius 3 is 2.06 bits per heavy atom. The summed E-state index contributed by atoms with van der Waals surface area (Å²) in [6.07, 6.45) is 3.20. The van der Waals surface area contributed by atoms with Gasteiger partial charge in [0.1, 0.15) is 18.0 Å². The summed E-state index contributed by atoms with van der Waals surface area (Å²) >= 11 is 0. The van der Waals surface area contributed by atoms with Crippen molar-refractivity contribution in [3.63, 3.8) is 0 Å². The monoisotopic (exact) mass is 458 g/mol. The molecule has 0 heterocycles. The summed E-state index contributed by atoms with van der Waals surface area (Å²) < 4.78 is 10.7. The number of rotatable bonds is 11. The first-order valence-corrected chi connectivity index (χ1v) is 10.7.